The number of aromatic nitrogens is 2. The molecule has 0 bridgehead atoms. The van der Waals surface area contributed by atoms with E-state index in [-0.39, 0.29) is 0 Å². The Morgan fingerprint density at radius 2 is 2.11 bits per heavy atom. The Morgan fingerprint density at radius 3 is 2.74 bits per heavy atom. The van der Waals surface area contributed by atoms with Crippen LogP contribution in [0.15, 0.2) is 18.2 Å². The molecule has 2 aromatic rings. The molecule has 0 aliphatic rings. The molecule has 0 N–H and O–H groups in total. The van der Waals surface area contributed by atoms with Gasteiger partial charge in [0.2, 0.25) is 0 Å². The highest BCUT2D eigenvalue weighted by atomic mass is 16.5. The lowest BCUT2D eigenvalue weighted by Gasteiger charge is -2.09. The van der Waals surface area contributed by atoms with Gasteiger partial charge >= 0.3 is 0 Å². The van der Waals surface area contributed by atoms with Gasteiger partial charge in [-0.05, 0) is 26.0 Å². The Hall–Kier alpha value is -2.28. The first-order valence-corrected chi connectivity index (χ1v) is 6.12. The molecular formula is C15H17N3O. The predicted molar refractivity (Wildman–Crippen MR) is 74.0 cm³/mol. The van der Waals surface area contributed by atoms with E-state index < -0.39 is 0 Å². The fourth-order valence-corrected chi connectivity index (χ4v) is 2.12. The largest absolute Gasteiger partial charge is 0.496 e. The Morgan fingerprint density at radius 1 is 1.37 bits per heavy atom. The average molecular weight is 255 g/mol. The Labute approximate surface area is 113 Å². The quantitative estimate of drug-likeness (QED) is 0.847. The lowest BCUT2D eigenvalue weighted by Crippen LogP contribution is -1.97. The number of nitrogens with zero attached hydrogens (tertiary/aromatic N) is 3. The maximum Gasteiger partial charge on any atom is 0.143 e. The molecule has 0 saturated carbocycles. The summed E-state index contributed by atoms with van der Waals surface area (Å²) in [5.41, 5.74) is 3.94. The summed E-state index contributed by atoms with van der Waals surface area (Å²) < 4.78 is 7.40. The van der Waals surface area contributed by atoms with E-state index in [2.05, 4.69) is 17.1 Å². The molecule has 4 nitrogen and oxygen atoms in total. The third-order valence-electron chi connectivity index (χ3n) is 3.32. The van der Waals surface area contributed by atoms with E-state index in [4.69, 9.17) is 10.00 Å². The van der Waals surface area contributed by atoms with Crippen molar-refractivity contribution in [1.82, 2.24) is 9.55 Å². The normalized spacial score (nSPS) is 10.3. The summed E-state index contributed by atoms with van der Waals surface area (Å²) in [6.45, 7) is 4.01. The lowest BCUT2D eigenvalue weighted by molar-refractivity contribution is 0.416. The van der Waals surface area contributed by atoms with Crippen LogP contribution in [-0.4, -0.2) is 16.7 Å². The van der Waals surface area contributed by atoms with Crippen molar-refractivity contribution in [3.63, 3.8) is 0 Å². The predicted octanol–water partition coefficient (Wildman–Crippen LogP) is 2.78. The molecule has 0 radical (unpaired) electrons. The summed E-state index contributed by atoms with van der Waals surface area (Å²) in [6, 6.07) is 8.15. The molecule has 0 unspecified atom stereocenters. The molecule has 0 atom stereocenters. The summed E-state index contributed by atoms with van der Waals surface area (Å²) >= 11 is 0. The molecule has 2 rings (SSSR count). The van der Waals surface area contributed by atoms with Crippen LogP contribution in [0.2, 0.25) is 0 Å². The fourth-order valence-electron chi connectivity index (χ4n) is 2.12. The number of methoxy groups -OCH3 is 1. The lowest BCUT2D eigenvalue weighted by atomic mass is 10.1. The molecule has 19 heavy (non-hydrogen) atoms. The minimum Gasteiger partial charge on any atom is -0.496 e. The van der Waals surface area contributed by atoms with Crippen molar-refractivity contribution in [3.8, 4) is 23.2 Å². The van der Waals surface area contributed by atoms with Gasteiger partial charge in [0.25, 0.3) is 0 Å². The number of ether oxygens (including phenoxy) is 1. The Balaban J connectivity index is 2.62. The van der Waals surface area contributed by atoms with Crippen LogP contribution in [0, 0.1) is 25.2 Å². The van der Waals surface area contributed by atoms with E-state index in [1.165, 1.54) is 0 Å². The molecule has 1 aromatic heterocycles. The van der Waals surface area contributed by atoms with Crippen LogP contribution in [0.1, 0.15) is 17.0 Å². The molecule has 0 aliphatic carbocycles. The van der Waals surface area contributed by atoms with Gasteiger partial charge in [0.1, 0.15) is 11.6 Å². The summed E-state index contributed by atoms with van der Waals surface area (Å²) in [5.74, 6) is 1.63. The molecule has 1 aromatic carbocycles. The summed E-state index contributed by atoms with van der Waals surface area (Å²) in [7, 11) is 3.61. The summed E-state index contributed by atoms with van der Waals surface area (Å²) in [6.07, 6.45) is 0.327. The second-order valence-electron chi connectivity index (χ2n) is 4.57. The number of hydrogen-bond acceptors (Lipinski definition) is 3. The number of imidazole rings is 1. The van der Waals surface area contributed by atoms with Gasteiger partial charge in [0.05, 0.1) is 30.9 Å². The molecule has 4 heteroatoms. The smallest absolute Gasteiger partial charge is 0.143 e. The molecule has 98 valence electrons. The number of benzene rings is 1. The topological polar surface area (TPSA) is 50.8 Å². The van der Waals surface area contributed by atoms with E-state index in [0.717, 1.165) is 34.1 Å². The highest BCUT2D eigenvalue weighted by Gasteiger charge is 2.16. The van der Waals surface area contributed by atoms with Crippen LogP contribution in [0.5, 0.6) is 5.75 Å². The molecule has 0 saturated heterocycles. The number of aryl methyl sites for hydroxylation is 1. The molecule has 0 fully saturated rings. The van der Waals surface area contributed by atoms with Crippen LogP contribution in [0.25, 0.3) is 11.4 Å². The van der Waals surface area contributed by atoms with Crippen LogP contribution >= 0.6 is 0 Å². The molecule has 0 aliphatic heterocycles. The highest BCUT2D eigenvalue weighted by Crippen LogP contribution is 2.31. The molecular weight excluding hydrogens is 238 g/mol. The SMILES string of the molecule is COc1ccc(C)cc1-c1nc(CC#N)c(C)n1C. The van der Waals surface area contributed by atoms with Crippen molar-refractivity contribution in [1.29, 1.82) is 5.26 Å². The molecule has 0 amide bonds. The zero-order valence-corrected chi connectivity index (χ0v) is 11.7. The zero-order valence-electron chi connectivity index (χ0n) is 11.7. The van der Waals surface area contributed by atoms with Gasteiger partial charge in [-0.15, -0.1) is 0 Å². The summed E-state index contributed by atoms with van der Waals surface area (Å²) in [4.78, 5) is 4.58. The second-order valence-corrected chi connectivity index (χ2v) is 4.57. The van der Waals surface area contributed by atoms with Crippen LogP contribution in [0.3, 0.4) is 0 Å². The first-order valence-electron chi connectivity index (χ1n) is 6.12. The van der Waals surface area contributed by atoms with E-state index in [1.807, 2.05) is 37.6 Å². The van der Waals surface area contributed by atoms with E-state index in [9.17, 15) is 0 Å². The number of nitriles is 1. The van der Waals surface area contributed by atoms with Gasteiger partial charge < -0.3 is 9.30 Å². The van der Waals surface area contributed by atoms with Crippen molar-refractivity contribution in [2.24, 2.45) is 7.05 Å². The summed E-state index contributed by atoms with van der Waals surface area (Å²) in [5, 5.41) is 8.84. The second kappa shape index (κ2) is 5.15. The highest BCUT2D eigenvalue weighted by molar-refractivity contribution is 5.66. The van der Waals surface area contributed by atoms with Crippen molar-refractivity contribution in [2.75, 3.05) is 7.11 Å². The Kier molecular flexibility index (Phi) is 3.57. The van der Waals surface area contributed by atoms with Gasteiger partial charge in [0.15, 0.2) is 0 Å². The number of rotatable bonds is 3. The maximum absolute atomic E-state index is 8.84. The van der Waals surface area contributed by atoms with Crippen LogP contribution in [0.4, 0.5) is 0 Å². The van der Waals surface area contributed by atoms with Crippen molar-refractivity contribution in [3.05, 3.63) is 35.2 Å². The third kappa shape index (κ3) is 2.32. The minimum atomic E-state index is 0.327. The maximum atomic E-state index is 8.84. The minimum absolute atomic E-state index is 0.327. The average Bonchev–Trinajstić information content (AvgIpc) is 2.67. The van der Waals surface area contributed by atoms with Gasteiger partial charge in [-0.25, -0.2) is 4.98 Å². The third-order valence-corrected chi connectivity index (χ3v) is 3.32. The van der Waals surface area contributed by atoms with Crippen molar-refractivity contribution < 1.29 is 4.74 Å². The molecule has 0 spiro atoms. The van der Waals surface area contributed by atoms with Crippen molar-refractivity contribution in [2.45, 2.75) is 20.3 Å². The van der Waals surface area contributed by atoms with E-state index in [1.54, 1.807) is 7.11 Å². The van der Waals surface area contributed by atoms with Crippen LogP contribution in [-0.2, 0) is 13.5 Å². The fraction of sp³-hybridized carbons (Fsp3) is 0.333. The number of hydrogen-bond donors (Lipinski definition) is 0. The van der Waals surface area contributed by atoms with Gasteiger partial charge in [-0.1, -0.05) is 11.6 Å². The van der Waals surface area contributed by atoms with Crippen molar-refractivity contribution >= 4 is 0 Å². The van der Waals surface area contributed by atoms with Gasteiger partial charge in [-0.2, -0.15) is 5.26 Å². The first-order chi connectivity index (χ1) is 9.08. The van der Waals surface area contributed by atoms with Gasteiger partial charge in [-0.3, -0.25) is 0 Å². The Bertz CT molecular complexity index is 650. The standard InChI is InChI=1S/C15H17N3O/c1-10-5-6-14(19-4)12(9-10)15-17-13(7-8-16)11(2)18(15)3/h5-6,9H,7H2,1-4H3. The van der Waals surface area contributed by atoms with E-state index >= 15 is 0 Å². The molecule has 1 heterocycles. The zero-order chi connectivity index (χ0) is 14.0. The van der Waals surface area contributed by atoms with E-state index in [0.29, 0.717) is 6.42 Å². The van der Waals surface area contributed by atoms with Crippen LogP contribution < -0.4 is 4.74 Å². The first kappa shape index (κ1) is 13.2. The van der Waals surface area contributed by atoms with Gasteiger partial charge in [0, 0.05) is 12.7 Å². The monoisotopic (exact) mass is 255 g/mol.